The van der Waals surface area contributed by atoms with Gasteiger partial charge >= 0.3 is 0 Å². The second-order valence-corrected chi connectivity index (χ2v) is 4.99. The van der Waals surface area contributed by atoms with Gasteiger partial charge in [0.2, 0.25) is 0 Å². The Labute approximate surface area is 144 Å². The monoisotopic (exact) mass is 355 g/mol. The summed E-state index contributed by atoms with van der Waals surface area (Å²) in [4.78, 5) is 32.4. The molecule has 2 aromatic carbocycles. The van der Waals surface area contributed by atoms with E-state index in [2.05, 4.69) is 15.7 Å². The van der Waals surface area contributed by atoms with E-state index in [1.54, 1.807) is 30.3 Å². The van der Waals surface area contributed by atoms with Crippen LogP contribution in [0, 0.1) is 20.2 Å². The lowest BCUT2D eigenvalue weighted by atomic mass is 10.1. The predicted octanol–water partition coefficient (Wildman–Crippen LogP) is 2.41. The van der Waals surface area contributed by atoms with Crippen molar-refractivity contribution in [2.45, 2.75) is 0 Å². The van der Waals surface area contributed by atoms with E-state index < -0.39 is 27.1 Å². The van der Waals surface area contributed by atoms with E-state index >= 15 is 0 Å². The van der Waals surface area contributed by atoms with Crippen LogP contribution in [0.15, 0.2) is 52.1 Å². The maximum Gasteiger partial charge on any atom is 0.289 e. The van der Waals surface area contributed by atoms with Crippen molar-refractivity contribution < 1.29 is 19.2 Å². The van der Waals surface area contributed by atoms with Gasteiger partial charge in [-0.2, -0.15) is 5.10 Å². The molecule has 0 spiro atoms. The Morgan fingerprint density at radius 1 is 1.15 bits per heavy atom. The summed E-state index contributed by atoms with van der Waals surface area (Å²) in [6.45, 7) is 0. The number of aromatic nitrogens is 1. The van der Waals surface area contributed by atoms with Crippen LogP contribution in [0.5, 0.6) is 0 Å². The number of hydrogen-bond donors (Lipinski definition) is 1. The Kier molecular flexibility index (Phi) is 4.34. The van der Waals surface area contributed by atoms with Gasteiger partial charge in [-0.15, -0.1) is 0 Å². The summed E-state index contributed by atoms with van der Waals surface area (Å²) in [5, 5.41) is 29.3. The highest BCUT2D eigenvalue weighted by molar-refractivity contribution is 6.02. The molecule has 1 amide bonds. The summed E-state index contributed by atoms with van der Waals surface area (Å²) >= 11 is 0. The van der Waals surface area contributed by atoms with Gasteiger partial charge in [-0.05, 0) is 12.1 Å². The average molecular weight is 355 g/mol. The third kappa shape index (κ3) is 3.21. The maximum absolute atomic E-state index is 11.9. The van der Waals surface area contributed by atoms with Crippen LogP contribution >= 0.6 is 0 Å². The van der Waals surface area contributed by atoms with Gasteiger partial charge in [-0.1, -0.05) is 23.4 Å². The number of carbonyl (C=O) groups is 1. The normalized spacial score (nSPS) is 10.9. The van der Waals surface area contributed by atoms with Gasteiger partial charge in [0, 0.05) is 5.56 Å². The first-order chi connectivity index (χ1) is 12.5. The van der Waals surface area contributed by atoms with Gasteiger partial charge in [0.1, 0.15) is 11.1 Å². The molecule has 0 atom stereocenters. The zero-order chi connectivity index (χ0) is 18.7. The molecule has 0 bridgehead atoms. The summed E-state index contributed by atoms with van der Waals surface area (Å²) in [5.74, 6) is -0.486. The molecule has 0 radical (unpaired) electrons. The highest BCUT2D eigenvalue weighted by atomic mass is 16.6. The summed E-state index contributed by atoms with van der Waals surface area (Å²) in [7, 11) is 0. The Hall–Kier alpha value is -4.15. The highest BCUT2D eigenvalue weighted by Crippen LogP contribution is 2.32. The summed E-state index contributed by atoms with van der Waals surface area (Å²) in [5.41, 5.74) is 1.39. The Balaban J connectivity index is 1.92. The SMILES string of the molecule is O=C(NN=Cc1noc2cc([N+](=O)[O-])cc([N+](=O)[O-])c12)c1ccccc1. The van der Waals surface area contributed by atoms with Gasteiger partial charge in [-0.3, -0.25) is 25.0 Å². The Morgan fingerprint density at radius 3 is 2.54 bits per heavy atom. The van der Waals surface area contributed by atoms with E-state index in [1.165, 1.54) is 0 Å². The molecule has 26 heavy (non-hydrogen) atoms. The first-order valence-corrected chi connectivity index (χ1v) is 7.08. The number of hydrazone groups is 1. The number of amides is 1. The molecule has 1 heterocycles. The smallest absolute Gasteiger partial charge is 0.289 e. The molecule has 0 saturated heterocycles. The lowest BCUT2D eigenvalue weighted by molar-refractivity contribution is -0.393. The molecule has 1 N–H and O–H groups in total. The van der Waals surface area contributed by atoms with E-state index in [0.717, 1.165) is 18.3 Å². The summed E-state index contributed by atoms with van der Waals surface area (Å²) in [6.07, 6.45) is 1.06. The van der Waals surface area contributed by atoms with Gasteiger partial charge in [0.25, 0.3) is 17.3 Å². The molecule has 11 heteroatoms. The van der Waals surface area contributed by atoms with Crippen LogP contribution in [-0.4, -0.2) is 27.1 Å². The number of nitrogens with zero attached hydrogens (tertiary/aromatic N) is 4. The number of hydrogen-bond acceptors (Lipinski definition) is 8. The van der Waals surface area contributed by atoms with Gasteiger partial charge in [0.05, 0.1) is 28.2 Å². The van der Waals surface area contributed by atoms with Crippen molar-refractivity contribution in [2.75, 3.05) is 0 Å². The molecule has 0 fully saturated rings. The van der Waals surface area contributed by atoms with E-state index in [1.807, 2.05) is 0 Å². The summed E-state index contributed by atoms with van der Waals surface area (Å²) in [6, 6.07) is 10.1. The van der Waals surface area contributed by atoms with Crippen molar-refractivity contribution in [1.82, 2.24) is 10.6 Å². The maximum atomic E-state index is 11.9. The average Bonchev–Trinajstić information content (AvgIpc) is 3.04. The van der Waals surface area contributed by atoms with Gasteiger partial charge in [0.15, 0.2) is 5.58 Å². The predicted molar refractivity (Wildman–Crippen MR) is 88.8 cm³/mol. The van der Waals surface area contributed by atoms with E-state index in [4.69, 9.17) is 4.52 Å². The van der Waals surface area contributed by atoms with Crippen LogP contribution < -0.4 is 5.43 Å². The Bertz CT molecular complexity index is 1040. The van der Waals surface area contributed by atoms with Crippen molar-refractivity contribution >= 4 is 34.5 Å². The number of benzene rings is 2. The quantitative estimate of drug-likeness (QED) is 0.418. The molecule has 11 nitrogen and oxygen atoms in total. The zero-order valence-electron chi connectivity index (χ0n) is 12.9. The topological polar surface area (TPSA) is 154 Å². The minimum Gasteiger partial charge on any atom is -0.355 e. The number of rotatable bonds is 5. The van der Waals surface area contributed by atoms with Crippen molar-refractivity contribution in [2.24, 2.45) is 5.10 Å². The summed E-state index contributed by atoms with van der Waals surface area (Å²) < 4.78 is 4.91. The first-order valence-electron chi connectivity index (χ1n) is 7.08. The molecule has 0 aliphatic rings. The molecule has 0 unspecified atom stereocenters. The molecule has 3 rings (SSSR count). The molecule has 0 aliphatic heterocycles. The third-order valence-electron chi connectivity index (χ3n) is 3.36. The first kappa shape index (κ1) is 16.7. The van der Waals surface area contributed by atoms with Crippen LogP contribution in [0.1, 0.15) is 16.1 Å². The molecular weight excluding hydrogens is 346 g/mol. The highest BCUT2D eigenvalue weighted by Gasteiger charge is 2.25. The van der Waals surface area contributed by atoms with Crippen LogP contribution in [0.4, 0.5) is 11.4 Å². The van der Waals surface area contributed by atoms with Crippen molar-refractivity contribution in [3.63, 3.8) is 0 Å². The second kappa shape index (κ2) is 6.76. The fraction of sp³-hybridized carbons (Fsp3) is 0. The lowest BCUT2D eigenvalue weighted by Gasteiger charge is -1.98. The van der Waals surface area contributed by atoms with Crippen molar-refractivity contribution in [3.05, 3.63) is 74.0 Å². The lowest BCUT2D eigenvalue weighted by Crippen LogP contribution is -2.17. The van der Waals surface area contributed by atoms with Crippen molar-refractivity contribution in [1.29, 1.82) is 0 Å². The van der Waals surface area contributed by atoms with Gasteiger partial charge < -0.3 is 4.52 Å². The number of nitro groups is 2. The van der Waals surface area contributed by atoms with Crippen molar-refractivity contribution in [3.8, 4) is 0 Å². The molecule has 0 saturated carbocycles. The number of fused-ring (bicyclic) bond motifs is 1. The van der Waals surface area contributed by atoms with E-state index in [-0.39, 0.29) is 16.7 Å². The molecule has 1 aromatic heterocycles. The van der Waals surface area contributed by atoms with Crippen LogP contribution in [0.3, 0.4) is 0 Å². The third-order valence-corrected chi connectivity index (χ3v) is 3.36. The Morgan fingerprint density at radius 2 is 1.88 bits per heavy atom. The zero-order valence-corrected chi connectivity index (χ0v) is 12.9. The number of non-ortho nitro benzene ring substituents is 2. The largest absolute Gasteiger partial charge is 0.355 e. The minimum absolute atomic E-state index is 0.0463. The fourth-order valence-electron chi connectivity index (χ4n) is 2.20. The minimum atomic E-state index is -0.785. The molecule has 130 valence electrons. The van der Waals surface area contributed by atoms with E-state index in [0.29, 0.717) is 5.56 Å². The van der Waals surface area contributed by atoms with Crippen LogP contribution in [0.25, 0.3) is 11.0 Å². The molecular formula is C15H9N5O6. The second-order valence-electron chi connectivity index (χ2n) is 4.99. The molecule has 0 aliphatic carbocycles. The number of nitrogens with one attached hydrogen (secondary N) is 1. The molecule has 3 aromatic rings. The number of nitro benzene ring substituents is 2. The van der Waals surface area contributed by atoms with E-state index in [9.17, 15) is 25.0 Å². The van der Waals surface area contributed by atoms with Crippen LogP contribution in [-0.2, 0) is 0 Å². The van der Waals surface area contributed by atoms with Gasteiger partial charge in [-0.25, -0.2) is 5.43 Å². The van der Waals surface area contributed by atoms with Crippen LogP contribution in [0.2, 0.25) is 0 Å². The standard InChI is InChI=1S/C15H9N5O6/c21-15(9-4-2-1-3-5-9)17-16-8-11-14-12(20(24)25)6-10(19(22)23)7-13(14)26-18-11/h1-8H,(H,17,21). The fourth-order valence-corrected chi connectivity index (χ4v) is 2.20. The number of carbonyl (C=O) groups excluding carboxylic acids is 1.